The molecule has 0 aromatic heterocycles. The van der Waals surface area contributed by atoms with Gasteiger partial charge in [-0.1, -0.05) is 23.4 Å². The molecule has 7 nitrogen and oxygen atoms in total. The number of hydrogen-bond donors (Lipinski definition) is 0. The minimum Gasteiger partial charge on any atom is -0.484 e. The van der Waals surface area contributed by atoms with E-state index in [0.29, 0.717) is 16.5 Å². The zero-order chi connectivity index (χ0) is 23.8. The fourth-order valence-corrected chi connectivity index (χ4v) is 7.55. The van der Waals surface area contributed by atoms with Crippen LogP contribution in [0.15, 0.2) is 53.5 Å². The molecule has 13 heteroatoms. The largest absolute Gasteiger partial charge is 0.573 e. The summed E-state index contributed by atoms with van der Waals surface area (Å²) in [4.78, 5) is 18.1. The average molecular weight is 521 g/mol. The number of amidine groups is 1. The molecule has 0 spiro atoms. The van der Waals surface area contributed by atoms with Crippen LogP contribution in [-0.4, -0.2) is 55.3 Å². The first-order chi connectivity index (χ1) is 15.5. The Labute approximate surface area is 196 Å². The number of ether oxygens (including phenoxy) is 2. The molecular weight excluding hydrogens is 505 g/mol. The number of hydrogen-bond acceptors (Lipinski definition) is 6. The molecule has 176 valence electrons. The van der Waals surface area contributed by atoms with E-state index in [-0.39, 0.29) is 28.5 Å². The fourth-order valence-electron chi connectivity index (χ4n) is 3.49. The Kier molecular flexibility index (Phi) is 6.52. The van der Waals surface area contributed by atoms with Crippen molar-refractivity contribution < 1.29 is 35.9 Å². The summed E-state index contributed by atoms with van der Waals surface area (Å²) in [5.41, 5.74) is 0.395. The Hall–Kier alpha value is -2.44. The Balaban J connectivity index is 1.54. The van der Waals surface area contributed by atoms with E-state index >= 15 is 0 Å². The van der Waals surface area contributed by atoms with Gasteiger partial charge < -0.3 is 14.4 Å². The first-order valence-electron chi connectivity index (χ1n) is 9.51. The topological polar surface area (TPSA) is 85.3 Å². The molecule has 1 amide bonds. The van der Waals surface area contributed by atoms with Gasteiger partial charge in [-0.05, 0) is 48.5 Å². The van der Waals surface area contributed by atoms with Crippen LogP contribution < -0.4 is 14.4 Å². The Morgan fingerprint density at radius 3 is 2.36 bits per heavy atom. The molecule has 0 bridgehead atoms. The van der Waals surface area contributed by atoms with Gasteiger partial charge in [-0.15, -0.1) is 13.2 Å². The van der Waals surface area contributed by atoms with Crippen molar-refractivity contribution in [2.75, 3.05) is 23.0 Å². The predicted octanol–water partition coefficient (Wildman–Crippen LogP) is 3.92. The molecule has 0 radical (unpaired) electrons. The van der Waals surface area contributed by atoms with Crippen molar-refractivity contribution in [3.05, 3.63) is 53.6 Å². The number of anilines is 1. The summed E-state index contributed by atoms with van der Waals surface area (Å²) in [5.74, 6) is -0.827. The Morgan fingerprint density at radius 2 is 1.73 bits per heavy atom. The lowest BCUT2D eigenvalue weighted by atomic mass is 10.2. The normalized spacial score (nSPS) is 22.9. The maximum absolute atomic E-state index is 12.4. The van der Waals surface area contributed by atoms with E-state index in [4.69, 9.17) is 16.3 Å². The van der Waals surface area contributed by atoms with Crippen LogP contribution in [0.1, 0.15) is 0 Å². The molecule has 0 aliphatic carbocycles. The molecule has 2 aromatic rings. The molecule has 33 heavy (non-hydrogen) atoms. The second-order valence-corrected chi connectivity index (χ2v) is 11.0. The van der Waals surface area contributed by atoms with Crippen molar-refractivity contribution in [1.29, 1.82) is 0 Å². The smallest absolute Gasteiger partial charge is 0.484 e. The standard InChI is InChI=1S/C20H16ClF3N2O5S2/c21-12-1-5-14(6-2-12)30-9-18(27)25-19-26(16-10-33(28,29)11-17(16)32-19)13-3-7-15(8-4-13)31-20(22,23)24/h1-8,16-17H,9-11H2/t16-,17-/m1/s1. The number of sulfone groups is 1. The zero-order valence-electron chi connectivity index (χ0n) is 16.7. The molecule has 0 saturated carbocycles. The maximum Gasteiger partial charge on any atom is 0.573 e. The summed E-state index contributed by atoms with van der Waals surface area (Å²) in [6.07, 6.45) is -4.83. The lowest BCUT2D eigenvalue weighted by molar-refractivity contribution is -0.274. The van der Waals surface area contributed by atoms with Gasteiger partial charge in [0.25, 0.3) is 5.91 Å². The van der Waals surface area contributed by atoms with Gasteiger partial charge in [0.2, 0.25) is 0 Å². The number of amides is 1. The van der Waals surface area contributed by atoms with Gasteiger partial charge in [0, 0.05) is 16.0 Å². The lowest BCUT2D eigenvalue weighted by Gasteiger charge is -2.24. The highest BCUT2D eigenvalue weighted by atomic mass is 35.5. The number of thioether (sulfide) groups is 1. The second kappa shape index (κ2) is 9.07. The minimum atomic E-state index is -4.83. The SMILES string of the molecule is O=C(COc1ccc(Cl)cc1)N=C1S[C@@H]2CS(=O)(=O)C[C@H]2N1c1ccc(OC(F)(F)F)cc1. The predicted molar refractivity (Wildman–Crippen MR) is 119 cm³/mol. The van der Waals surface area contributed by atoms with Crippen molar-refractivity contribution in [2.24, 2.45) is 4.99 Å². The zero-order valence-corrected chi connectivity index (χ0v) is 19.0. The number of aliphatic imine (C=N–C) groups is 1. The van der Waals surface area contributed by atoms with Crippen molar-refractivity contribution in [2.45, 2.75) is 17.7 Å². The number of halogens is 4. The number of rotatable bonds is 5. The van der Waals surface area contributed by atoms with E-state index in [2.05, 4.69) is 9.73 Å². The van der Waals surface area contributed by atoms with Crippen LogP contribution in [0.4, 0.5) is 18.9 Å². The molecule has 2 aromatic carbocycles. The van der Waals surface area contributed by atoms with Crippen molar-refractivity contribution in [1.82, 2.24) is 0 Å². The molecule has 0 unspecified atom stereocenters. The van der Waals surface area contributed by atoms with E-state index < -0.39 is 33.9 Å². The minimum absolute atomic E-state index is 0.0808. The summed E-state index contributed by atoms with van der Waals surface area (Å²) >= 11 is 6.96. The van der Waals surface area contributed by atoms with Crippen molar-refractivity contribution in [3.63, 3.8) is 0 Å². The van der Waals surface area contributed by atoms with Gasteiger partial charge in [0.15, 0.2) is 21.6 Å². The van der Waals surface area contributed by atoms with Crippen LogP contribution in [0, 0.1) is 0 Å². The number of carbonyl (C=O) groups excluding carboxylic acids is 1. The molecule has 2 atom stereocenters. The highest BCUT2D eigenvalue weighted by molar-refractivity contribution is 8.16. The van der Waals surface area contributed by atoms with E-state index in [1.54, 1.807) is 29.2 Å². The van der Waals surface area contributed by atoms with E-state index in [1.807, 2.05) is 0 Å². The van der Waals surface area contributed by atoms with E-state index in [9.17, 15) is 26.4 Å². The molecule has 2 aliphatic rings. The van der Waals surface area contributed by atoms with Crippen molar-refractivity contribution in [3.8, 4) is 11.5 Å². The Morgan fingerprint density at radius 1 is 1.09 bits per heavy atom. The van der Waals surface area contributed by atoms with Crippen LogP contribution in [-0.2, 0) is 14.6 Å². The molecule has 2 saturated heterocycles. The number of nitrogens with zero attached hydrogens (tertiary/aromatic N) is 2. The first-order valence-corrected chi connectivity index (χ1v) is 12.6. The second-order valence-electron chi connectivity index (χ2n) is 7.24. The van der Waals surface area contributed by atoms with Crippen LogP contribution in [0.25, 0.3) is 0 Å². The molecule has 0 N–H and O–H groups in total. The third kappa shape index (κ3) is 5.92. The summed E-state index contributed by atoms with van der Waals surface area (Å²) in [6.45, 7) is -0.356. The number of benzene rings is 2. The first kappa shape index (κ1) is 23.7. The fraction of sp³-hybridized carbons (Fsp3) is 0.300. The highest BCUT2D eigenvalue weighted by Crippen LogP contribution is 2.41. The summed E-state index contributed by atoms with van der Waals surface area (Å²) in [7, 11) is -3.29. The van der Waals surface area contributed by atoms with E-state index in [0.717, 1.165) is 23.9 Å². The van der Waals surface area contributed by atoms with Crippen LogP contribution >= 0.6 is 23.4 Å². The van der Waals surface area contributed by atoms with Gasteiger partial charge in [0.1, 0.15) is 11.5 Å². The number of fused-ring (bicyclic) bond motifs is 1. The summed E-state index contributed by atoms with van der Waals surface area (Å²) in [5, 5.41) is 0.416. The van der Waals surface area contributed by atoms with Crippen LogP contribution in [0.3, 0.4) is 0 Å². The van der Waals surface area contributed by atoms with Crippen molar-refractivity contribution >= 4 is 50.0 Å². The number of alkyl halides is 3. The highest BCUT2D eigenvalue weighted by Gasteiger charge is 2.49. The molecule has 2 aliphatic heterocycles. The van der Waals surface area contributed by atoms with Gasteiger partial charge in [-0.2, -0.15) is 4.99 Å². The quantitative estimate of drug-likeness (QED) is 0.590. The summed E-state index contributed by atoms with van der Waals surface area (Å²) < 4.78 is 70.9. The monoisotopic (exact) mass is 520 g/mol. The van der Waals surface area contributed by atoms with Gasteiger partial charge >= 0.3 is 6.36 Å². The average Bonchev–Trinajstić information content (AvgIpc) is 3.18. The third-order valence-corrected chi connectivity index (χ3v) is 8.27. The van der Waals surface area contributed by atoms with Crippen LogP contribution in [0.2, 0.25) is 5.02 Å². The van der Waals surface area contributed by atoms with Gasteiger partial charge in [-0.25, -0.2) is 8.42 Å². The third-order valence-electron chi connectivity index (χ3n) is 4.81. The Bertz CT molecular complexity index is 1170. The lowest BCUT2D eigenvalue weighted by Crippen LogP contribution is -2.37. The maximum atomic E-state index is 12.4. The van der Waals surface area contributed by atoms with Gasteiger partial charge in [-0.3, -0.25) is 4.79 Å². The molecule has 2 fully saturated rings. The summed E-state index contributed by atoms with van der Waals surface area (Å²) in [6, 6.07) is 10.9. The van der Waals surface area contributed by atoms with Gasteiger partial charge in [0.05, 0.1) is 17.5 Å². The molecule has 2 heterocycles. The van der Waals surface area contributed by atoms with E-state index in [1.165, 1.54) is 12.1 Å². The van der Waals surface area contributed by atoms with Crippen LogP contribution in [0.5, 0.6) is 11.5 Å². The molecular formula is C20H16ClF3N2O5S2. The number of carbonyl (C=O) groups is 1. The molecule has 4 rings (SSSR count).